The Hall–Kier alpha value is -1.05. The van der Waals surface area contributed by atoms with Crippen molar-refractivity contribution in [2.24, 2.45) is 4.99 Å². The summed E-state index contributed by atoms with van der Waals surface area (Å²) in [5, 5.41) is 0. The van der Waals surface area contributed by atoms with E-state index < -0.39 is 0 Å². The van der Waals surface area contributed by atoms with Gasteiger partial charge in [-0.15, -0.1) is 0 Å². The lowest BCUT2D eigenvalue weighted by Gasteiger charge is -2.22. The minimum absolute atomic E-state index is 1.05. The van der Waals surface area contributed by atoms with E-state index in [-0.39, 0.29) is 0 Å². The lowest BCUT2D eigenvalue weighted by atomic mass is 10.2. The van der Waals surface area contributed by atoms with E-state index in [1.54, 1.807) is 0 Å². The first-order valence-electron chi connectivity index (χ1n) is 6.23. The summed E-state index contributed by atoms with van der Waals surface area (Å²) in [6, 6.07) is 0. The van der Waals surface area contributed by atoms with Gasteiger partial charge in [-0.25, -0.2) is 0 Å². The fourth-order valence-corrected chi connectivity index (χ4v) is 2.08. The van der Waals surface area contributed by atoms with Crippen molar-refractivity contribution in [3.05, 3.63) is 24.0 Å². The molecular formula is C14H24N2. The number of nitrogens with zero attached hydrogens (tertiary/aromatic N) is 2. The predicted octanol–water partition coefficient (Wildman–Crippen LogP) is 3.76. The Morgan fingerprint density at radius 2 is 1.62 bits per heavy atom. The topological polar surface area (TPSA) is 15.6 Å². The molecule has 1 aliphatic rings. The summed E-state index contributed by atoms with van der Waals surface area (Å²) in [4.78, 5) is 6.81. The Balaban J connectivity index is 2.59. The van der Waals surface area contributed by atoms with E-state index in [1.807, 2.05) is 20.8 Å². The molecule has 0 radical (unpaired) electrons. The largest absolute Gasteiger partial charge is 0.372 e. The second-order valence-corrected chi connectivity index (χ2v) is 4.74. The van der Waals surface area contributed by atoms with Gasteiger partial charge in [0.25, 0.3) is 0 Å². The molecule has 0 saturated carbocycles. The lowest BCUT2D eigenvalue weighted by molar-refractivity contribution is 0.370. The van der Waals surface area contributed by atoms with E-state index >= 15 is 0 Å². The molecule has 0 atom stereocenters. The molecule has 1 aliphatic heterocycles. The van der Waals surface area contributed by atoms with Crippen molar-refractivity contribution in [2.45, 2.75) is 46.5 Å². The maximum atomic E-state index is 4.43. The van der Waals surface area contributed by atoms with Crippen LogP contribution in [0.15, 0.2) is 29.0 Å². The van der Waals surface area contributed by atoms with Crippen LogP contribution in [0.1, 0.15) is 46.5 Å². The molecule has 0 unspecified atom stereocenters. The van der Waals surface area contributed by atoms with Crippen LogP contribution >= 0.6 is 0 Å². The number of hydrogen-bond acceptors (Lipinski definition) is 2. The van der Waals surface area contributed by atoms with Gasteiger partial charge in [0.1, 0.15) is 0 Å². The predicted molar refractivity (Wildman–Crippen MR) is 71.7 cm³/mol. The zero-order valence-electron chi connectivity index (χ0n) is 10.9. The van der Waals surface area contributed by atoms with Crippen LogP contribution in [-0.4, -0.2) is 23.7 Å². The molecule has 0 aromatic carbocycles. The molecule has 90 valence electrons. The fraction of sp³-hybridized carbons (Fsp3) is 0.643. The van der Waals surface area contributed by atoms with E-state index in [9.17, 15) is 0 Å². The molecule has 2 nitrogen and oxygen atoms in total. The van der Waals surface area contributed by atoms with Crippen LogP contribution in [0.25, 0.3) is 0 Å². The first-order chi connectivity index (χ1) is 7.59. The van der Waals surface area contributed by atoms with Crippen LogP contribution in [0.3, 0.4) is 0 Å². The van der Waals surface area contributed by atoms with Crippen molar-refractivity contribution >= 4 is 5.71 Å². The first-order valence-corrected chi connectivity index (χ1v) is 6.23. The Bertz CT molecular complexity index is 288. The van der Waals surface area contributed by atoms with Gasteiger partial charge in [0.2, 0.25) is 0 Å². The van der Waals surface area contributed by atoms with Gasteiger partial charge in [-0.1, -0.05) is 19.4 Å². The van der Waals surface area contributed by atoms with Crippen LogP contribution < -0.4 is 0 Å². The molecule has 0 aromatic rings. The normalized spacial score (nSPS) is 17.9. The summed E-state index contributed by atoms with van der Waals surface area (Å²) >= 11 is 0. The van der Waals surface area contributed by atoms with E-state index in [0.717, 1.165) is 30.2 Å². The molecule has 2 heteroatoms. The van der Waals surface area contributed by atoms with Crippen molar-refractivity contribution in [3.63, 3.8) is 0 Å². The van der Waals surface area contributed by atoms with Crippen molar-refractivity contribution in [3.8, 4) is 0 Å². The highest BCUT2D eigenvalue weighted by Crippen LogP contribution is 2.15. The number of aliphatic imine (C=N–C) groups is 1. The molecule has 0 spiro atoms. The average molecular weight is 220 g/mol. The zero-order valence-corrected chi connectivity index (χ0v) is 10.9. The molecule has 1 saturated heterocycles. The third kappa shape index (κ3) is 4.65. The van der Waals surface area contributed by atoms with E-state index in [2.05, 4.69) is 22.5 Å². The summed E-state index contributed by atoms with van der Waals surface area (Å²) in [5.74, 6) is 0. The van der Waals surface area contributed by atoms with Gasteiger partial charge < -0.3 is 4.90 Å². The molecule has 0 aromatic heterocycles. The van der Waals surface area contributed by atoms with E-state index in [1.165, 1.54) is 25.7 Å². The zero-order chi connectivity index (χ0) is 12.0. The van der Waals surface area contributed by atoms with Crippen molar-refractivity contribution < 1.29 is 0 Å². The standard InChI is InChI=1S/C14H24N2/c1-12(2)15-13(3)11-14(4)16-9-7-5-6-8-10-16/h11H,4-10H2,1-3H3/b13-11-. The van der Waals surface area contributed by atoms with Crippen LogP contribution in [0.2, 0.25) is 0 Å². The van der Waals surface area contributed by atoms with Crippen molar-refractivity contribution in [1.82, 2.24) is 4.90 Å². The maximum Gasteiger partial charge on any atom is 0.0392 e. The minimum atomic E-state index is 1.05. The quantitative estimate of drug-likeness (QED) is 0.522. The molecular weight excluding hydrogens is 196 g/mol. The second kappa shape index (κ2) is 6.51. The summed E-state index contributed by atoms with van der Waals surface area (Å²) in [6.45, 7) is 12.5. The maximum absolute atomic E-state index is 4.43. The van der Waals surface area contributed by atoms with Crippen LogP contribution in [-0.2, 0) is 0 Å². The van der Waals surface area contributed by atoms with Crippen LogP contribution in [0.4, 0.5) is 0 Å². The monoisotopic (exact) mass is 220 g/mol. The molecule has 0 aliphatic carbocycles. The number of hydrogen-bond donors (Lipinski definition) is 0. The van der Waals surface area contributed by atoms with Gasteiger partial charge in [0.05, 0.1) is 0 Å². The first kappa shape index (κ1) is 13.0. The third-order valence-corrected chi connectivity index (χ3v) is 2.79. The highest BCUT2D eigenvalue weighted by molar-refractivity contribution is 5.80. The van der Waals surface area contributed by atoms with Crippen molar-refractivity contribution in [1.29, 1.82) is 0 Å². The molecule has 16 heavy (non-hydrogen) atoms. The molecule has 0 bridgehead atoms. The summed E-state index contributed by atoms with van der Waals surface area (Å²) in [5.41, 5.74) is 3.26. The summed E-state index contributed by atoms with van der Waals surface area (Å²) in [6.07, 6.45) is 7.40. The van der Waals surface area contributed by atoms with Crippen LogP contribution in [0, 0.1) is 0 Å². The summed E-state index contributed by atoms with van der Waals surface area (Å²) < 4.78 is 0. The van der Waals surface area contributed by atoms with Gasteiger partial charge >= 0.3 is 0 Å². The highest BCUT2D eigenvalue weighted by Gasteiger charge is 2.08. The third-order valence-electron chi connectivity index (χ3n) is 2.79. The van der Waals surface area contributed by atoms with Gasteiger partial charge in [0, 0.05) is 30.2 Å². The van der Waals surface area contributed by atoms with E-state index in [4.69, 9.17) is 0 Å². The second-order valence-electron chi connectivity index (χ2n) is 4.74. The summed E-state index contributed by atoms with van der Waals surface area (Å²) in [7, 11) is 0. The number of allylic oxidation sites excluding steroid dienone is 2. The molecule has 0 N–H and O–H groups in total. The minimum Gasteiger partial charge on any atom is -0.372 e. The van der Waals surface area contributed by atoms with Gasteiger partial charge in [-0.2, -0.15) is 0 Å². The Morgan fingerprint density at radius 3 is 2.12 bits per heavy atom. The van der Waals surface area contributed by atoms with Crippen molar-refractivity contribution in [2.75, 3.05) is 13.1 Å². The lowest BCUT2D eigenvalue weighted by Crippen LogP contribution is -2.22. The Morgan fingerprint density at radius 1 is 1.06 bits per heavy atom. The van der Waals surface area contributed by atoms with Crippen LogP contribution in [0.5, 0.6) is 0 Å². The average Bonchev–Trinajstić information content (AvgIpc) is 2.43. The van der Waals surface area contributed by atoms with Gasteiger partial charge in [-0.3, -0.25) is 4.99 Å². The highest BCUT2D eigenvalue weighted by atomic mass is 15.1. The Labute approximate surface area is 99.8 Å². The molecule has 1 rings (SSSR count). The fourth-order valence-electron chi connectivity index (χ4n) is 2.08. The molecule has 0 amide bonds. The Kier molecular flexibility index (Phi) is 5.30. The SMILES string of the molecule is C=C(/C=C(/C)N=C(C)C)N1CCCCCC1. The molecule has 1 fully saturated rings. The van der Waals surface area contributed by atoms with E-state index in [0.29, 0.717) is 0 Å². The number of rotatable bonds is 3. The number of likely N-dealkylation sites (tertiary alicyclic amines) is 1. The smallest absolute Gasteiger partial charge is 0.0392 e. The molecule has 1 heterocycles. The van der Waals surface area contributed by atoms with Gasteiger partial charge in [0.15, 0.2) is 0 Å². The van der Waals surface area contributed by atoms with Gasteiger partial charge in [-0.05, 0) is 39.7 Å².